The van der Waals surface area contributed by atoms with Gasteiger partial charge in [-0.15, -0.1) is 0 Å². The van der Waals surface area contributed by atoms with E-state index < -0.39 is 33.4 Å². The van der Waals surface area contributed by atoms with E-state index in [2.05, 4.69) is 16.7 Å². The highest BCUT2D eigenvalue weighted by molar-refractivity contribution is 7.86. The van der Waals surface area contributed by atoms with Gasteiger partial charge in [0.05, 0.1) is 12.3 Å². The van der Waals surface area contributed by atoms with Gasteiger partial charge in [0.15, 0.2) is 0 Å². The number of ether oxygens (including phenoxy) is 1. The fraction of sp³-hybridized carbons (Fsp3) is 0.464. The molecule has 1 unspecified atom stereocenters. The van der Waals surface area contributed by atoms with Gasteiger partial charge in [-0.1, -0.05) is 55.7 Å². The SMILES string of the molecule is CC(C)(C)OC(=O)NC1(C(=O)NC(C#N)Cc2ccc(-c3ccc(OS(C)(=O)=O)cc3)cc2)CCCCC1. The molecule has 1 saturated carbocycles. The van der Waals surface area contributed by atoms with Crippen molar-refractivity contribution >= 4 is 22.1 Å². The molecule has 9 nitrogen and oxygen atoms in total. The van der Waals surface area contributed by atoms with Gasteiger partial charge in [-0.05, 0) is 62.4 Å². The van der Waals surface area contributed by atoms with Crippen LogP contribution in [0.1, 0.15) is 58.4 Å². The number of carbonyl (C=O) groups excluding carboxylic acids is 2. The van der Waals surface area contributed by atoms with Crippen molar-refractivity contribution in [1.29, 1.82) is 5.26 Å². The van der Waals surface area contributed by atoms with Gasteiger partial charge in [-0.2, -0.15) is 13.7 Å². The van der Waals surface area contributed by atoms with E-state index in [1.54, 1.807) is 45.0 Å². The largest absolute Gasteiger partial charge is 0.444 e. The highest BCUT2D eigenvalue weighted by Gasteiger charge is 2.42. The number of hydrogen-bond donors (Lipinski definition) is 2. The summed E-state index contributed by atoms with van der Waals surface area (Å²) in [6.07, 6.45) is 4.18. The first-order valence-corrected chi connectivity index (χ1v) is 14.4. The maximum absolute atomic E-state index is 13.4. The topological polar surface area (TPSA) is 135 Å². The van der Waals surface area contributed by atoms with Crippen LogP contribution < -0.4 is 14.8 Å². The summed E-state index contributed by atoms with van der Waals surface area (Å²) in [6, 6.07) is 15.6. The van der Waals surface area contributed by atoms with Crippen LogP contribution >= 0.6 is 0 Å². The number of carbonyl (C=O) groups is 2. The van der Waals surface area contributed by atoms with Gasteiger partial charge in [-0.3, -0.25) is 4.79 Å². The van der Waals surface area contributed by atoms with Crippen LogP contribution in [0, 0.1) is 11.3 Å². The van der Waals surface area contributed by atoms with Gasteiger partial charge in [0.1, 0.15) is 22.9 Å². The van der Waals surface area contributed by atoms with Crippen molar-refractivity contribution in [3.63, 3.8) is 0 Å². The van der Waals surface area contributed by atoms with E-state index in [1.165, 1.54) is 0 Å². The Morgan fingerprint density at radius 1 is 1.00 bits per heavy atom. The highest BCUT2D eigenvalue weighted by Crippen LogP contribution is 2.29. The van der Waals surface area contributed by atoms with Crippen molar-refractivity contribution in [2.24, 2.45) is 0 Å². The molecule has 0 saturated heterocycles. The zero-order valence-corrected chi connectivity index (χ0v) is 23.1. The summed E-state index contributed by atoms with van der Waals surface area (Å²) in [5, 5.41) is 15.4. The quantitative estimate of drug-likeness (QED) is 0.471. The van der Waals surface area contributed by atoms with Crippen LogP contribution in [0.4, 0.5) is 4.79 Å². The summed E-state index contributed by atoms with van der Waals surface area (Å²) in [7, 11) is -3.59. The minimum Gasteiger partial charge on any atom is -0.444 e. The summed E-state index contributed by atoms with van der Waals surface area (Å²) in [6.45, 7) is 5.29. The van der Waals surface area contributed by atoms with Crippen LogP contribution in [0.25, 0.3) is 11.1 Å². The lowest BCUT2D eigenvalue weighted by atomic mass is 9.80. The van der Waals surface area contributed by atoms with Crippen LogP contribution in [-0.4, -0.2) is 43.9 Å². The molecule has 2 amide bonds. The van der Waals surface area contributed by atoms with Gasteiger partial charge in [-0.25, -0.2) is 4.79 Å². The molecular weight excluding hydrogens is 506 g/mol. The summed E-state index contributed by atoms with van der Waals surface area (Å²) < 4.78 is 32.8. The molecule has 0 spiro atoms. The van der Waals surface area contributed by atoms with Crippen LogP contribution in [0.2, 0.25) is 0 Å². The van der Waals surface area contributed by atoms with Crippen molar-refractivity contribution in [3.05, 3.63) is 54.1 Å². The number of nitrogens with zero attached hydrogens (tertiary/aromatic N) is 1. The van der Waals surface area contributed by atoms with Gasteiger partial charge >= 0.3 is 16.2 Å². The normalized spacial score (nSPS) is 16.0. The van der Waals surface area contributed by atoms with Gasteiger partial charge in [0.2, 0.25) is 5.91 Å². The first kappa shape index (κ1) is 29.0. The third-order valence-electron chi connectivity index (χ3n) is 6.17. The first-order chi connectivity index (χ1) is 17.8. The first-order valence-electron chi connectivity index (χ1n) is 12.6. The van der Waals surface area contributed by atoms with E-state index in [9.17, 15) is 23.3 Å². The molecule has 0 heterocycles. The molecule has 2 aromatic carbocycles. The van der Waals surface area contributed by atoms with Crippen molar-refractivity contribution in [2.75, 3.05) is 6.26 Å². The van der Waals surface area contributed by atoms with Crippen LogP contribution in [0.3, 0.4) is 0 Å². The van der Waals surface area contributed by atoms with Crippen molar-refractivity contribution in [3.8, 4) is 22.9 Å². The Labute approximate surface area is 224 Å². The predicted molar refractivity (Wildman–Crippen MR) is 144 cm³/mol. The zero-order chi connectivity index (χ0) is 28.0. The minimum absolute atomic E-state index is 0.234. The standard InChI is InChI=1S/C28H35N3O6S/c1-27(2,3)36-26(33)31-28(16-6-5-7-17-28)25(32)30-23(19-29)18-20-8-10-21(11-9-20)22-12-14-24(15-13-22)37-38(4,34)35/h8-15,23H,5-7,16-18H2,1-4H3,(H,30,32)(H,31,33). The van der Waals surface area contributed by atoms with E-state index in [-0.39, 0.29) is 11.7 Å². The molecule has 1 aliphatic carbocycles. The Hall–Kier alpha value is -3.58. The number of hydrogen-bond acceptors (Lipinski definition) is 7. The average molecular weight is 542 g/mol. The lowest BCUT2D eigenvalue weighted by Gasteiger charge is -2.37. The third-order valence-corrected chi connectivity index (χ3v) is 6.67. The van der Waals surface area contributed by atoms with E-state index in [0.717, 1.165) is 42.2 Å². The lowest BCUT2D eigenvalue weighted by Crippen LogP contribution is -2.61. The molecular formula is C28H35N3O6S. The minimum atomic E-state index is -3.59. The molecule has 1 aliphatic rings. The van der Waals surface area contributed by atoms with Crippen molar-refractivity contribution in [1.82, 2.24) is 10.6 Å². The third kappa shape index (κ3) is 8.48. The Balaban J connectivity index is 1.66. The van der Waals surface area contributed by atoms with E-state index in [1.807, 2.05) is 24.3 Å². The van der Waals surface area contributed by atoms with Crippen LogP contribution in [-0.2, 0) is 26.1 Å². The predicted octanol–water partition coefficient (Wildman–Crippen LogP) is 4.47. The van der Waals surface area contributed by atoms with Gasteiger partial charge < -0.3 is 19.6 Å². The maximum atomic E-state index is 13.4. The molecule has 0 aliphatic heterocycles. The molecule has 204 valence electrons. The molecule has 3 rings (SSSR count). The molecule has 1 fully saturated rings. The van der Waals surface area contributed by atoms with Crippen LogP contribution in [0.15, 0.2) is 48.5 Å². The van der Waals surface area contributed by atoms with Crippen LogP contribution in [0.5, 0.6) is 5.75 Å². The molecule has 10 heteroatoms. The molecule has 2 aromatic rings. The smallest absolute Gasteiger partial charge is 0.408 e. The fourth-order valence-electron chi connectivity index (χ4n) is 4.44. The Morgan fingerprint density at radius 2 is 1.55 bits per heavy atom. The molecule has 2 N–H and O–H groups in total. The second-order valence-electron chi connectivity index (χ2n) is 10.6. The number of alkyl carbamates (subject to hydrolysis) is 1. The fourth-order valence-corrected chi connectivity index (χ4v) is 4.90. The zero-order valence-electron chi connectivity index (χ0n) is 22.2. The summed E-state index contributed by atoms with van der Waals surface area (Å²) >= 11 is 0. The molecule has 38 heavy (non-hydrogen) atoms. The second-order valence-corrected chi connectivity index (χ2v) is 12.2. The second kappa shape index (κ2) is 11.9. The Morgan fingerprint density at radius 3 is 2.05 bits per heavy atom. The summed E-state index contributed by atoms with van der Waals surface area (Å²) in [5.41, 5.74) is 0.835. The van der Waals surface area contributed by atoms with Crippen molar-refractivity contribution in [2.45, 2.75) is 76.5 Å². The Bertz CT molecular complexity index is 1270. The number of rotatable bonds is 8. The van der Waals surface area contributed by atoms with E-state index in [0.29, 0.717) is 19.3 Å². The number of nitriles is 1. The van der Waals surface area contributed by atoms with E-state index >= 15 is 0 Å². The highest BCUT2D eigenvalue weighted by atomic mass is 32.2. The van der Waals surface area contributed by atoms with Crippen molar-refractivity contribution < 1.29 is 26.9 Å². The molecule has 0 aromatic heterocycles. The number of amides is 2. The molecule has 1 atom stereocenters. The summed E-state index contributed by atoms with van der Waals surface area (Å²) in [5.74, 6) is -0.139. The van der Waals surface area contributed by atoms with Gasteiger partial charge in [0.25, 0.3) is 0 Å². The molecule has 0 bridgehead atoms. The number of benzene rings is 2. The summed E-state index contributed by atoms with van der Waals surface area (Å²) in [4.78, 5) is 25.9. The van der Waals surface area contributed by atoms with Gasteiger partial charge in [0, 0.05) is 6.42 Å². The lowest BCUT2D eigenvalue weighted by molar-refractivity contribution is -0.129. The Kier molecular flexibility index (Phi) is 9.05. The number of nitrogens with one attached hydrogen (secondary N) is 2. The van der Waals surface area contributed by atoms with E-state index in [4.69, 9.17) is 8.92 Å². The maximum Gasteiger partial charge on any atom is 0.408 e. The average Bonchev–Trinajstić information content (AvgIpc) is 2.83. The molecule has 0 radical (unpaired) electrons. The monoisotopic (exact) mass is 541 g/mol.